The Hall–Kier alpha value is -2.68. The van der Waals surface area contributed by atoms with Crippen LogP contribution in [-0.4, -0.2) is 68.0 Å². The van der Waals surface area contributed by atoms with E-state index >= 15 is 0 Å². The van der Waals surface area contributed by atoms with Gasteiger partial charge in [-0.15, -0.1) is 0 Å². The summed E-state index contributed by atoms with van der Waals surface area (Å²) in [4.78, 5) is 38.0. The molecule has 0 aliphatic carbocycles. The molecule has 0 spiro atoms. The monoisotopic (exact) mass is 349 g/mol. The third kappa shape index (κ3) is 4.66. The van der Waals surface area contributed by atoms with Crippen LogP contribution in [0.1, 0.15) is 17.3 Å². The van der Waals surface area contributed by atoms with Crippen molar-refractivity contribution >= 4 is 23.2 Å². The van der Waals surface area contributed by atoms with E-state index in [1.54, 1.807) is 24.1 Å². The van der Waals surface area contributed by atoms with Gasteiger partial charge in [-0.3, -0.25) is 19.7 Å². The molecule has 1 saturated heterocycles. The Morgan fingerprint density at radius 3 is 2.44 bits per heavy atom. The molecule has 1 aliphatic rings. The van der Waals surface area contributed by atoms with Gasteiger partial charge in [0.1, 0.15) is 5.69 Å². The van der Waals surface area contributed by atoms with E-state index < -0.39 is 4.92 Å². The van der Waals surface area contributed by atoms with Crippen LogP contribution < -0.4 is 15.5 Å². The number of nitrogens with zero attached hydrogens (tertiary/aromatic N) is 3. The Kier molecular flexibility index (Phi) is 6.29. The van der Waals surface area contributed by atoms with Gasteiger partial charge in [0.25, 0.3) is 11.6 Å². The average molecular weight is 349 g/mol. The van der Waals surface area contributed by atoms with Crippen molar-refractivity contribution in [3.63, 3.8) is 0 Å². The number of carbonyl (C=O) groups excluding carboxylic acids is 2. The molecule has 25 heavy (non-hydrogen) atoms. The highest BCUT2D eigenvalue weighted by molar-refractivity contribution is 5.95. The highest BCUT2D eigenvalue weighted by atomic mass is 16.6. The topological polar surface area (TPSA) is 108 Å². The Morgan fingerprint density at radius 1 is 1.20 bits per heavy atom. The normalized spacial score (nSPS) is 14.3. The van der Waals surface area contributed by atoms with Gasteiger partial charge < -0.3 is 20.4 Å². The summed E-state index contributed by atoms with van der Waals surface area (Å²) in [6, 6.07) is 4.50. The fourth-order valence-electron chi connectivity index (χ4n) is 2.74. The summed E-state index contributed by atoms with van der Waals surface area (Å²) >= 11 is 0. The predicted octanol–water partition coefficient (Wildman–Crippen LogP) is 0.213. The molecule has 9 nitrogen and oxygen atoms in total. The summed E-state index contributed by atoms with van der Waals surface area (Å²) in [6.45, 7) is 4.67. The Bertz CT molecular complexity index is 656. The number of nitrogens with one attached hydrogen (secondary N) is 2. The maximum Gasteiger partial charge on any atom is 0.293 e. The Labute approximate surface area is 146 Å². The van der Waals surface area contributed by atoms with Gasteiger partial charge in [0.05, 0.1) is 4.92 Å². The molecule has 0 aromatic heterocycles. The number of hydrogen-bond donors (Lipinski definition) is 2. The summed E-state index contributed by atoms with van der Waals surface area (Å²) < 4.78 is 0. The minimum absolute atomic E-state index is 0.00253. The molecule has 0 saturated carbocycles. The third-order valence-corrected chi connectivity index (χ3v) is 4.16. The van der Waals surface area contributed by atoms with Crippen molar-refractivity contribution < 1.29 is 14.5 Å². The highest BCUT2D eigenvalue weighted by Gasteiger charge is 2.25. The van der Waals surface area contributed by atoms with Gasteiger partial charge in [-0.25, -0.2) is 0 Å². The molecule has 0 radical (unpaired) electrons. The summed E-state index contributed by atoms with van der Waals surface area (Å²) in [7, 11) is 1.78. The van der Waals surface area contributed by atoms with Crippen molar-refractivity contribution in [1.29, 1.82) is 0 Å². The number of nitro groups is 1. The van der Waals surface area contributed by atoms with E-state index in [0.717, 1.165) is 0 Å². The van der Waals surface area contributed by atoms with Crippen molar-refractivity contribution in [1.82, 2.24) is 15.5 Å². The fourth-order valence-corrected chi connectivity index (χ4v) is 2.74. The van der Waals surface area contributed by atoms with Gasteiger partial charge in [0.15, 0.2) is 0 Å². The zero-order chi connectivity index (χ0) is 18.4. The molecule has 136 valence electrons. The molecule has 1 aliphatic heterocycles. The first-order chi connectivity index (χ1) is 11.9. The molecule has 0 bridgehead atoms. The van der Waals surface area contributed by atoms with Crippen molar-refractivity contribution in [3.05, 3.63) is 33.9 Å². The van der Waals surface area contributed by atoms with E-state index in [1.807, 2.05) is 4.90 Å². The van der Waals surface area contributed by atoms with E-state index in [2.05, 4.69) is 10.6 Å². The number of piperazine rings is 1. The highest BCUT2D eigenvalue weighted by Crippen LogP contribution is 2.30. The molecule has 2 amide bonds. The van der Waals surface area contributed by atoms with Crippen LogP contribution in [0.4, 0.5) is 11.4 Å². The SMILES string of the molecule is CNCCNC(=O)c1ccc(N2CCN(C(C)=O)CC2)c([N+](=O)[O-])c1. The second-order valence-corrected chi connectivity index (χ2v) is 5.81. The molecule has 0 atom stereocenters. The van der Waals surface area contributed by atoms with Gasteiger partial charge in [0, 0.05) is 57.8 Å². The van der Waals surface area contributed by atoms with Crippen LogP contribution in [0.3, 0.4) is 0 Å². The number of anilines is 1. The van der Waals surface area contributed by atoms with E-state index in [0.29, 0.717) is 45.0 Å². The predicted molar refractivity (Wildman–Crippen MR) is 93.8 cm³/mol. The molecular weight excluding hydrogens is 326 g/mol. The zero-order valence-electron chi connectivity index (χ0n) is 14.4. The molecule has 1 fully saturated rings. The largest absolute Gasteiger partial charge is 0.362 e. The van der Waals surface area contributed by atoms with Gasteiger partial charge >= 0.3 is 0 Å². The Balaban J connectivity index is 2.15. The van der Waals surface area contributed by atoms with Crippen LogP contribution in [0.5, 0.6) is 0 Å². The maximum atomic E-state index is 12.1. The van der Waals surface area contributed by atoms with Crippen LogP contribution in [0.2, 0.25) is 0 Å². The zero-order valence-corrected chi connectivity index (χ0v) is 14.4. The van der Waals surface area contributed by atoms with Crippen LogP contribution >= 0.6 is 0 Å². The molecule has 2 N–H and O–H groups in total. The first kappa shape index (κ1) is 18.7. The lowest BCUT2D eigenvalue weighted by atomic mass is 10.1. The number of rotatable bonds is 6. The smallest absolute Gasteiger partial charge is 0.293 e. The molecular formula is C16H23N5O4. The number of carbonyl (C=O) groups is 2. The fraction of sp³-hybridized carbons (Fsp3) is 0.500. The summed E-state index contributed by atoms with van der Waals surface area (Å²) in [6.07, 6.45) is 0. The van der Waals surface area contributed by atoms with Crippen molar-refractivity contribution in [2.24, 2.45) is 0 Å². The lowest BCUT2D eigenvalue weighted by Crippen LogP contribution is -2.48. The molecule has 1 heterocycles. The van der Waals surface area contributed by atoms with E-state index in [9.17, 15) is 19.7 Å². The minimum Gasteiger partial charge on any atom is -0.362 e. The standard InChI is InChI=1S/C16H23N5O4/c1-12(22)19-7-9-20(10-8-19)14-4-3-13(11-15(14)21(24)25)16(23)18-6-5-17-2/h3-4,11,17H,5-10H2,1-2H3,(H,18,23). The first-order valence-electron chi connectivity index (χ1n) is 8.15. The van der Waals surface area contributed by atoms with Gasteiger partial charge in [0.2, 0.25) is 5.91 Å². The van der Waals surface area contributed by atoms with E-state index in [-0.39, 0.29) is 23.1 Å². The summed E-state index contributed by atoms with van der Waals surface area (Å²) in [5.41, 5.74) is 0.631. The van der Waals surface area contributed by atoms with Crippen LogP contribution in [-0.2, 0) is 4.79 Å². The molecule has 2 rings (SSSR count). The van der Waals surface area contributed by atoms with Crippen LogP contribution in [0, 0.1) is 10.1 Å². The van der Waals surface area contributed by atoms with Crippen molar-refractivity contribution in [2.75, 3.05) is 51.2 Å². The van der Waals surface area contributed by atoms with Gasteiger partial charge in [-0.05, 0) is 19.2 Å². The maximum absolute atomic E-state index is 12.1. The van der Waals surface area contributed by atoms with Gasteiger partial charge in [-0.1, -0.05) is 0 Å². The number of hydrogen-bond acceptors (Lipinski definition) is 6. The average Bonchev–Trinajstić information content (AvgIpc) is 2.61. The minimum atomic E-state index is -0.475. The lowest BCUT2D eigenvalue weighted by molar-refractivity contribution is -0.384. The second-order valence-electron chi connectivity index (χ2n) is 5.81. The quantitative estimate of drug-likeness (QED) is 0.432. The van der Waals surface area contributed by atoms with Gasteiger partial charge in [-0.2, -0.15) is 0 Å². The molecule has 9 heteroatoms. The van der Waals surface area contributed by atoms with Crippen LogP contribution in [0.15, 0.2) is 18.2 Å². The second kappa shape index (κ2) is 8.43. The van der Waals surface area contributed by atoms with E-state index in [4.69, 9.17) is 0 Å². The van der Waals surface area contributed by atoms with E-state index in [1.165, 1.54) is 13.0 Å². The Morgan fingerprint density at radius 2 is 1.88 bits per heavy atom. The number of nitro benzene ring substituents is 1. The lowest BCUT2D eigenvalue weighted by Gasteiger charge is -2.35. The van der Waals surface area contributed by atoms with Crippen molar-refractivity contribution in [3.8, 4) is 0 Å². The first-order valence-corrected chi connectivity index (χ1v) is 8.15. The molecule has 1 aromatic rings. The molecule has 1 aromatic carbocycles. The summed E-state index contributed by atoms with van der Waals surface area (Å²) in [5.74, 6) is -0.339. The number of likely N-dealkylation sites (N-methyl/N-ethyl adjacent to an activating group) is 1. The van der Waals surface area contributed by atoms with Crippen molar-refractivity contribution in [2.45, 2.75) is 6.92 Å². The summed E-state index contributed by atoms with van der Waals surface area (Å²) in [5, 5.41) is 17.1. The number of amides is 2. The number of benzene rings is 1. The third-order valence-electron chi connectivity index (χ3n) is 4.16. The van der Waals surface area contributed by atoms with Crippen LogP contribution in [0.25, 0.3) is 0 Å². The molecule has 0 unspecified atom stereocenters.